The van der Waals surface area contributed by atoms with E-state index in [0.29, 0.717) is 0 Å². The fourth-order valence-electron chi connectivity index (χ4n) is 1.35. The van der Waals surface area contributed by atoms with E-state index in [1.807, 2.05) is 12.1 Å². The monoisotopic (exact) mass is 208 g/mol. The van der Waals surface area contributed by atoms with Gasteiger partial charge in [0.25, 0.3) is 0 Å². The summed E-state index contributed by atoms with van der Waals surface area (Å²) < 4.78 is 5.61. The van der Waals surface area contributed by atoms with Crippen LogP contribution in [0.15, 0.2) is 24.3 Å². The Morgan fingerprint density at radius 1 is 1.00 bits per heavy atom. The third-order valence-corrected chi connectivity index (χ3v) is 2.29. The molecule has 1 heteroatoms. The average Bonchev–Trinajstić information content (AvgIpc) is 2.21. The number of benzene rings is 1. The lowest BCUT2D eigenvalue weighted by Crippen LogP contribution is -1.96. The largest absolute Gasteiger partial charge is 0.494 e. The fourth-order valence-corrected chi connectivity index (χ4v) is 1.35. The van der Waals surface area contributed by atoms with Crippen molar-refractivity contribution in [2.75, 3.05) is 6.61 Å². The summed E-state index contributed by atoms with van der Waals surface area (Å²) in [7, 11) is 0. The molecule has 15 heavy (non-hydrogen) atoms. The van der Waals surface area contributed by atoms with Gasteiger partial charge in [-0.1, -0.05) is 51.3 Å². The lowest BCUT2D eigenvalue weighted by atomic mass is 10.2. The first kappa shape index (κ1) is 14.0. The van der Waals surface area contributed by atoms with Crippen LogP contribution in [0.25, 0.3) is 0 Å². The standard InChI is InChI=1S/C13H20O.CH4/c1-3-4-5-6-11-14-13-9-7-12(2)8-10-13;/h7-10H,3-6,11H2,1-2H3;1H4. The first-order valence-electron chi connectivity index (χ1n) is 5.52. The van der Waals surface area contributed by atoms with Crippen molar-refractivity contribution in [2.24, 2.45) is 0 Å². The molecule has 0 bridgehead atoms. The SMILES string of the molecule is C.CCCCCCOc1ccc(C)cc1. The second-order valence-corrected chi connectivity index (χ2v) is 3.72. The third-order valence-electron chi connectivity index (χ3n) is 2.29. The zero-order valence-corrected chi connectivity index (χ0v) is 9.25. The van der Waals surface area contributed by atoms with Crippen LogP contribution in [0.4, 0.5) is 0 Å². The van der Waals surface area contributed by atoms with Gasteiger partial charge in [0.15, 0.2) is 0 Å². The lowest BCUT2D eigenvalue weighted by molar-refractivity contribution is 0.305. The number of rotatable bonds is 6. The number of hydrogen-bond acceptors (Lipinski definition) is 1. The molecule has 0 fully saturated rings. The summed E-state index contributed by atoms with van der Waals surface area (Å²) in [5.74, 6) is 0.993. The van der Waals surface area contributed by atoms with E-state index in [9.17, 15) is 0 Å². The molecule has 0 saturated carbocycles. The molecule has 0 heterocycles. The van der Waals surface area contributed by atoms with Gasteiger partial charge in [-0.2, -0.15) is 0 Å². The molecule has 0 spiro atoms. The van der Waals surface area contributed by atoms with Crippen LogP contribution in [0.5, 0.6) is 5.75 Å². The molecule has 0 amide bonds. The van der Waals surface area contributed by atoms with Crippen LogP contribution >= 0.6 is 0 Å². The molecule has 0 atom stereocenters. The van der Waals surface area contributed by atoms with E-state index in [4.69, 9.17) is 4.74 Å². The highest BCUT2D eigenvalue weighted by molar-refractivity contribution is 5.26. The molecule has 0 N–H and O–H groups in total. The number of unbranched alkanes of at least 4 members (excludes halogenated alkanes) is 3. The van der Waals surface area contributed by atoms with Gasteiger partial charge in [0.1, 0.15) is 5.75 Å². The zero-order chi connectivity index (χ0) is 10.2. The fraction of sp³-hybridized carbons (Fsp3) is 0.571. The first-order chi connectivity index (χ1) is 6.83. The Morgan fingerprint density at radius 2 is 1.67 bits per heavy atom. The first-order valence-corrected chi connectivity index (χ1v) is 5.52. The summed E-state index contributed by atoms with van der Waals surface area (Å²) in [6.07, 6.45) is 5.05. The van der Waals surface area contributed by atoms with Crippen molar-refractivity contribution in [1.29, 1.82) is 0 Å². The summed E-state index contributed by atoms with van der Waals surface area (Å²) in [5.41, 5.74) is 1.28. The Kier molecular flexibility index (Phi) is 7.79. The molecule has 86 valence electrons. The Hall–Kier alpha value is -0.980. The quantitative estimate of drug-likeness (QED) is 0.621. The Balaban J connectivity index is 0.00000196. The second kappa shape index (κ2) is 8.34. The molecule has 0 aromatic heterocycles. The van der Waals surface area contributed by atoms with Crippen molar-refractivity contribution in [1.82, 2.24) is 0 Å². The Bertz CT molecular complexity index is 238. The minimum atomic E-state index is 0. The molecule has 1 rings (SSSR count). The molecule has 0 unspecified atom stereocenters. The molecule has 0 aliphatic carbocycles. The molecule has 0 aliphatic rings. The molecule has 0 saturated heterocycles. The third kappa shape index (κ3) is 6.16. The smallest absolute Gasteiger partial charge is 0.119 e. The van der Waals surface area contributed by atoms with E-state index in [1.165, 1.54) is 31.2 Å². The maximum atomic E-state index is 5.61. The number of hydrogen-bond donors (Lipinski definition) is 0. The van der Waals surface area contributed by atoms with Crippen molar-refractivity contribution >= 4 is 0 Å². The van der Waals surface area contributed by atoms with Crippen LogP contribution in [-0.2, 0) is 0 Å². The maximum absolute atomic E-state index is 5.61. The van der Waals surface area contributed by atoms with Gasteiger partial charge in [-0.15, -0.1) is 0 Å². The molecule has 1 aromatic carbocycles. The van der Waals surface area contributed by atoms with Gasteiger partial charge in [0.05, 0.1) is 6.61 Å². The lowest BCUT2D eigenvalue weighted by Gasteiger charge is -2.05. The van der Waals surface area contributed by atoms with E-state index in [1.54, 1.807) is 0 Å². The summed E-state index contributed by atoms with van der Waals surface area (Å²) in [6, 6.07) is 8.24. The van der Waals surface area contributed by atoms with Gasteiger partial charge in [-0.05, 0) is 25.5 Å². The van der Waals surface area contributed by atoms with Crippen LogP contribution in [0, 0.1) is 6.92 Å². The second-order valence-electron chi connectivity index (χ2n) is 3.72. The zero-order valence-electron chi connectivity index (χ0n) is 9.25. The van der Waals surface area contributed by atoms with E-state index >= 15 is 0 Å². The minimum absolute atomic E-state index is 0. The van der Waals surface area contributed by atoms with Gasteiger partial charge < -0.3 is 4.74 Å². The maximum Gasteiger partial charge on any atom is 0.119 e. The Labute approximate surface area is 94.5 Å². The highest BCUT2D eigenvalue weighted by Crippen LogP contribution is 2.12. The molecule has 1 aromatic rings. The van der Waals surface area contributed by atoms with Gasteiger partial charge in [0, 0.05) is 0 Å². The van der Waals surface area contributed by atoms with Crippen LogP contribution in [0.1, 0.15) is 45.6 Å². The van der Waals surface area contributed by atoms with E-state index in [2.05, 4.69) is 26.0 Å². The minimum Gasteiger partial charge on any atom is -0.494 e. The van der Waals surface area contributed by atoms with E-state index in [0.717, 1.165) is 12.4 Å². The van der Waals surface area contributed by atoms with Gasteiger partial charge in [-0.25, -0.2) is 0 Å². The summed E-state index contributed by atoms with van der Waals surface area (Å²) in [4.78, 5) is 0. The predicted molar refractivity (Wildman–Crippen MR) is 67.5 cm³/mol. The molecule has 0 aliphatic heterocycles. The molecular weight excluding hydrogens is 184 g/mol. The van der Waals surface area contributed by atoms with Crippen LogP contribution in [-0.4, -0.2) is 6.61 Å². The molecule has 0 radical (unpaired) electrons. The van der Waals surface area contributed by atoms with Crippen molar-refractivity contribution < 1.29 is 4.74 Å². The van der Waals surface area contributed by atoms with Gasteiger partial charge in [0.2, 0.25) is 0 Å². The van der Waals surface area contributed by atoms with Crippen molar-refractivity contribution in [3.05, 3.63) is 29.8 Å². The van der Waals surface area contributed by atoms with E-state index < -0.39 is 0 Å². The van der Waals surface area contributed by atoms with Crippen molar-refractivity contribution in [2.45, 2.75) is 47.0 Å². The van der Waals surface area contributed by atoms with Gasteiger partial charge >= 0.3 is 0 Å². The normalized spacial score (nSPS) is 9.47. The molecule has 1 nitrogen and oxygen atoms in total. The van der Waals surface area contributed by atoms with Crippen molar-refractivity contribution in [3.8, 4) is 5.75 Å². The van der Waals surface area contributed by atoms with Crippen LogP contribution < -0.4 is 4.74 Å². The summed E-state index contributed by atoms with van der Waals surface area (Å²) in [5, 5.41) is 0. The number of ether oxygens (including phenoxy) is 1. The van der Waals surface area contributed by atoms with Gasteiger partial charge in [-0.3, -0.25) is 0 Å². The molecular formula is C14H24O. The van der Waals surface area contributed by atoms with E-state index in [-0.39, 0.29) is 7.43 Å². The summed E-state index contributed by atoms with van der Waals surface area (Å²) >= 11 is 0. The average molecular weight is 208 g/mol. The number of aryl methyl sites for hydroxylation is 1. The van der Waals surface area contributed by atoms with Crippen LogP contribution in [0.2, 0.25) is 0 Å². The van der Waals surface area contributed by atoms with Crippen LogP contribution in [0.3, 0.4) is 0 Å². The summed E-state index contributed by atoms with van der Waals surface area (Å²) in [6.45, 7) is 5.16. The Morgan fingerprint density at radius 3 is 2.27 bits per heavy atom. The predicted octanol–water partition coefficient (Wildman–Crippen LogP) is 4.59. The van der Waals surface area contributed by atoms with Crippen molar-refractivity contribution in [3.63, 3.8) is 0 Å². The highest BCUT2D eigenvalue weighted by atomic mass is 16.5. The highest BCUT2D eigenvalue weighted by Gasteiger charge is 1.92. The topological polar surface area (TPSA) is 9.23 Å².